The molecule has 5 amide bonds. The van der Waals surface area contributed by atoms with E-state index in [4.69, 9.17) is 45.3 Å². The van der Waals surface area contributed by atoms with Gasteiger partial charge in [0.15, 0.2) is 29.1 Å². The zero-order valence-electron chi connectivity index (χ0n) is 51.8. The Morgan fingerprint density at radius 3 is 1.33 bits per heavy atom. The van der Waals surface area contributed by atoms with E-state index in [0.29, 0.717) is 90.0 Å². The van der Waals surface area contributed by atoms with Gasteiger partial charge in [-0.1, -0.05) is 34.8 Å². The Balaban J connectivity index is 0.000000280. The summed E-state index contributed by atoms with van der Waals surface area (Å²) in [7, 11) is 0. The molecule has 0 radical (unpaired) electrons. The molecular weight excluding hydrogens is 1420 g/mol. The summed E-state index contributed by atoms with van der Waals surface area (Å²) in [4.78, 5) is 117. The van der Waals surface area contributed by atoms with E-state index in [2.05, 4.69) is 65.1 Å². The molecule has 101 heavy (non-hydrogen) atoms. The Kier molecular flexibility index (Phi) is 22.5. The van der Waals surface area contributed by atoms with Crippen LogP contribution in [0.25, 0.3) is 67.3 Å². The fraction of sp³-hybridized carbons (Fsp3) is 0.333. The van der Waals surface area contributed by atoms with Crippen LogP contribution in [0.2, 0.25) is 15.1 Å². The third-order valence-corrected chi connectivity index (χ3v) is 16.2. The van der Waals surface area contributed by atoms with E-state index in [9.17, 15) is 67.9 Å². The topological polar surface area (TPSA) is 361 Å². The predicted octanol–water partition coefficient (Wildman–Crippen LogP) is 8.06. The van der Waals surface area contributed by atoms with Gasteiger partial charge in [-0.25, -0.2) is 49.2 Å². The van der Waals surface area contributed by atoms with Gasteiger partial charge in [0.05, 0.1) is 46.5 Å². The minimum Gasteiger partial charge on any atom is -0.345 e. The largest absolute Gasteiger partial charge is 0.405 e. The number of nitrogens with zero attached hydrogens (tertiary/aromatic N) is 16. The molecule has 3 saturated heterocycles. The molecule has 0 aromatic carbocycles. The fourth-order valence-electron chi connectivity index (χ4n) is 10.9. The normalized spacial score (nSPS) is 16.5. The highest BCUT2D eigenvalue weighted by molar-refractivity contribution is 6.32. The lowest BCUT2D eigenvalue weighted by molar-refractivity contribution is -0.141. The zero-order valence-corrected chi connectivity index (χ0v) is 54.1. The van der Waals surface area contributed by atoms with Gasteiger partial charge in [-0.2, -0.15) is 50.0 Å². The molecule has 7 N–H and O–H groups in total. The molecule has 0 bridgehead atoms. The van der Waals surface area contributed by atoms with Crippen LogP contribution >= 0.6 is 34.8 Å². The molecular formula is C60H62Cl3F10N23O5. The highest BCUT2D eigenvalue weighted by Crippen LogP contribution is 2.34. The second-order valence-electron chi connectivity index (χ2n) is 22.3. The van der Waals surface area contributed by atoms with E-state index >= 15 is 0 Å². The van der Waals surface area contributed by atoms with Crippen molar-refractivity contribution in [2.45, 2.75) is 49.5 Å². The summed E-state index contributed by atoms with van der Waals surface area (Å²) >= 11 is 18.1. The first-order valence-electron chi connectivity index (χ1n) is 30.0. The van der Waals surface area contributed by atoms with Gasteiger partial charge in [-0.3, -0.25) is 24.0 Å². The minimum absolute atomic E-state index is 0. The standard InChI is InChI=1S/C21H17ClF4N8O2.C21H18ClF3N8O2.C18H17ClF3N7O.5H2/c22-11-5-12-13(7-29-17(12)28-6-11)18-30-8-14(23)19(32-18)34-4-3-33(16(35)1-2-27)9-15(34)20(36)31-10-21(24,25)26;22-12-7-13-14(9-29-18(13)28-8-12)19-27-4-2-16(31-19)33-6-5-32(17(34)1-3-26)10-15(33)20(35)30-11-21(23,24)25;19-10-5-11-12(7-26-15(11)25-6-10)16-24-2-1-14(28-16)29-4-3-23-8-13(29)17(30)27-9-18(20,21)22;;;;;/h5-8,15H,1,3-4,9-10H2,(H,28,29)(H,31,36);2,4,7-9,15H,1,5-6,10-11H2,(H,28,29)(H,30,35);1-2,5-7,13,23H,3-4,8-9H2,(H,25,26)(H,27,30);5*1H/t2*15-;13-;;;;;/m110...../s1. The summed E-state index contributed by atoms with van der Waals surface area (Å²) < 4.78 is 129. The van der Waals surface area contributed by atoms with Crippen LogP contribution in [0.3, 0.4) is 0 Å². The van der Waals surface area contributed by atoms with Crippen molar-refractivity contribution in [3.8, 4) is 46.3 Å². The maximum absolute atomic E-state index is 14.9. The lowest BCUT2D eigenvalue weighted by atomic mass is 10.1. The first kappa shape index (κ1) is 72.9. The van der Waals surface area contributed by atoms with Gasteiger partial charge in [0.25, 0.3) is 0 Å². The predicted molar refractivity (Wildman–Crippen MR) is 354 cm³/mol. The Labute approximate surface area is 585 Å². The molecule has 0 aliphatic carbocycles. The smallest absolute Gasteiger partial charge is 0.345 e. The van der Waals surface area contributed by atoms with Crippen molar-refractivity contribution >= 4 is 115 Å². The SMILES string of the molecule is N#CCC(=O)N1CCN(c2ccnc(-c3c[nH]c4ncc(Cl)cc34)n2)[C@@H](C(=O)NCC(F)(F)F)C1.N#CCC(=O)N1CCN(c2nc(-c3c[nH]c4ncc(Cl)cc34)ncc2F)[C@@H](C(=O)NCC(F)(F)F)C1.O=C(NCC(F)(F)F)[C@@H]1CNCCN1c1ccnc(-c2c[nH]c3ncc(Cl)cc23)n1.[HH].[HH].[HH].[HH].[HH]. The number of alkyl halides is 9. The Morgan fingerprint density at radius 2 is 0.911 bits per heavy atom. The number of fused-ring (bicyclic) bond motifs is 3. The molecule has 0 unspecified atom stereocenters. The van der Waals surface area contributed by atoms with E-state index in [0.717, 1.165) is 11.6 Å². The molecule has 3 atom stereocenters. The number of halogens is 13. The second kappa shape index (κ2) is 31.2. The summed E-state index contributed by atoms with van der Waals surface area (Å²) in [6.45, 7) is -3.75. The maximum Gasteiger partial charge on any atom is 0.405 e. The number of rotatable bonds is 14. The van der Waals surface area contributed by atoms with E-state index < -0.39 is 104 Å². The number of carbonyl (C=O) groups is 5. The van der Waals surface area contributed by atoms with E-state index in [1.165, 1.54) is 56.7 Å². The molecule has 12 rings (SSSR count). The van der Waals surface area contributed by atoms with Gasteiger partial charge in [0.1, 0.15) is 79.2 Å². The molecule has 0 saturated carbocycles. The maximum atomic E-state index is 14.9. The molecule has 12 heterocycles. The molecule has 0 spiro atoms. The molecule has 3 aliphatic rings. The number of piperazine rings is 3. The Bertz CT molecular complexity index is 4670. The number of carbonyl (C=O) groups excluding carboxylic acids is 5. The summed E-state index contributed by atoms with van der Waals surface area (Å²) in [5, 5.41) is 29.4. The van der Waals surface area contributed by atoms with Crippen molar-refractivity contribution in [1.29, 1.82) is 10.5 Å². The van der Waals surface area contributed by atoms with Crippen molar-refractivity contribution in [1.82, 2.24) is 90.9 Å². The van der Waals surface area contributed by atoms with Crippen LogP contribution in [0.5, 0.6) is 0 Å². The van der Waals surface area contributed by atoms with E-state index in [1.54, 1.807) is 65.2 Å². The summed E-state index contributed by atoms with van der Waals surface area (Å²) in [5.74, 6) is -3.61. The highest BCUT2D eigenvalue weighted by Gasteiger charge is 2.41. The van der Waals surface area contributed by atoms with Crippen molar-refractivity contribution in [3.63, 3.8) is 0 Å². The van der Waals surface area contributed by atoms with Gasteiger partial charge >= 0.3 is 18.5 Å². The number of amides is 5. The number of hydrogen-bond acceptors (Lipinski definition) is 20. The van der Waals surface area contributed by atoms with Crippen LogP contribution in [0.15, 0.2) is 86.1 Å². The van der Waals surface area contributed by atoms with Crippen molar-refractivity contribution in [2.24, 2.45) is 0 Å². The molecule has 28 nitrogen and oxygen atoms in total. The number of hydrogen-bond donors (Lipinski definition) is 7. The fourth-order valence-corrected chi connectivity index (χ4v) is 11.4. The second-order valence-corrected chi connectivity index (χ2v) is 23.6. The van der Waals surface area contributed by atoms with Crippen LogP contribution in [0, 0.1) is 28.5 Å². The van der Waals surface area contributed by atoms with Gasteiger partial charge in [-0.05, 0) is 30.3 Å². The molecule has 538 valence electrons. The van der Waals surface area contributed by atoms with Crippen molar-refractivity contribution in [3.05, 3.63) is 107 Å². The van der Waals surface area contributed by atoms with Gasteiger partial charge in [0, 0.05) is 135 Å². The number of anilines is 3. The number of nitrogens with one attached hydrogen (secondary N) is 7. The van der Waals surface area contributed by atoms with Crippen molar-refractivity contribution in [2.75, 3.05) is 93.2 Å². The molecule has 9 aromatic rings. The molecule has 41 heteroatoms. The van der Waals surface area contributed by atoms with Crippen LogP contribution in [-0.4, -0.2) is 214 Å². The first-order chi connectivity index (χ1) is 48.0. The lowest BCUT2D eigenvalue weighted by Crippen LogP contribution is -2.61. The third-order valence-electron chi connectivity index (χ3n) is 15.6. The van der Waals surface area contributed by atoms with Crippen LogP contribution in [-0.2, 0) is 24.0 Å². The van der Waals surface area contributed by atoms with Crippen LogP contribution in [0.1, 0.15) is 20.0 Å². The summed E-state index contributed by atoms with van der Waals surface area (Å²) in [6, 6.07) is 8.24. The van der Waals surface area contributed by atoms with Crippen molar-refractivity contribution < 1.29 is 75.0 Å². The number of H-pyrrole nitrogens is 3. The van der Waals surface area contributed by atoms with Crippen LogP contribution < -0.4 is 36.0 Å². The first-order valence-corrected chi connectivity index (χ1v) is 31.1. The van der Waals surface area contributed by atoms with Gasteiger partial charge in [-0.15, -0.1) is 0 Å². The Morgan fingerprint density at radius 1 is 0.525 bits per heavy atom. The Hall–Kier alpha value is -10.8. The summed E-state index contributed by atoms with van der Waals surface area (Å²) in [6.07, 6.45) is -1.40. The number of nitriles is 2. The number of aromatic amines is 3. The highest BCUT2D eigenvalue weighted by atomic mass is 35.5. The average Bonchev–Trinajstić information content (AvgIpc) is 1.50. The number of pyridine rings is 3. The lowest BCUT2D eigenvalue weighted by Gasteiger charge is -2.41. The van der Waals surface area contributed by atoms with E-state index in [1.807, 2.05) is 10.6 Å². The third kappa shape index (κ3) is 18.2. The zero-order chi connectivity index (χ0) is 72.5. The van der Waals surface area contributed by atoms with Gasteiger partial charge < -0.3 is 60.7 Å². The molecule has 3 fully saturated rings. The van der Waals surface area contributed by atoms with Gasteiger partial charge in [0.2, 0.25) is 29.5 Å². The monoisotopic (exact) mass is 1480 g/mol. The number of aromatic nitrogens is 12. The van der Waals surface area contributed by atoms with Crippen LogP contribution in [0.4, 0.5) is 61.4 Å². The van der Waals surface area contributed by atoms with E-state index in [-0.39, 0.29) is 70.4 Å². The summed E-state index contributed by atoms with van der Waals surface area (Å²) in [5.41, 5.74) is 3.36. The average molecular weight is 1480 g/mol. The molecule has 3 aliphatic heterocycles. The minimum atomic E-state index is -4.68. The quantitative estimate of drug-likeness (QED) is 0.0506. The molecule has 9 aromatic heterocycles.